The van der Waals surface area contributed by atoms with Gasteiger partial charge in [0, 0.05) is 53.8 Å². The summed E-state index contributed by atoms with van der Waals surface area (Å²) < 4.78 is 13.4. The summed E-state index contributed by atoms with van der Waals surface area (Å²) in [6.07, 6.45) is 1.80. The SMILES string of the molecule is COc1cc2nc(-c3cccc([N+](=O)[O-])c3)nc(Nc3ccc4c(cnn4C)c3)c2cc1OCCN(C)C. The number of methoxy groups -OCH3 is 1. The first-order chi connectivity index (χ1) is 18.3. The number of hydrogen-bond donors (Lipinski definition) is 1. The molecule has 0 fully saturated rings. The highest BCUT2D eigenvalue weighted by Crippen LogP contribution is 2.37. The van der Waals surface area contributed by atoms with Crippen molar-refractivity contribution in [1.29, 1.82) is 0 Å². The third-order valence-electron chi connectivity index (χ3n) is 6.10. The van der Waals surface area contributed by atoms with Crippen LogP contribution in [0.3, 0.4) is 0 Å². The highest BCUT2D eigenvalue weighted by Gasteiger charge is 2.17. The number of aromatic nitrogens is 4. The molecule has 2 aromatic heterocycles. The van der Waals surface area contributed by atoms with E-state index in [2.05, 4.69) is 10.4 Å². The van der Waals surface area contributed by atoms with Crippen molar-refractivity contribution in [2.24, 2.45) is 7.05 Å². The van der Waals surface area contributed by atoms with Crippen LogP contribution in [-0.4, -0.2) is 63.9 Å². The molecule has 0 unspecified atom stereocenters. The first kappa shape index (κ1) is 24.9. The molecule has 11 nitrogen and oxygen atoms in total. The van der Waals surface area contributed by atoms with E-state index in [9.17, 15) is 10.1 Å². The molecule has 0 spiro atoms. The van der Waals surface area contributed by atoms with Gasteiger partial charge in [0.05, 0.1) is 29.3 Å². The van der Waals surface area contributed by atoms with Gasteiger partial charge < -0.3 is 19.7 Å². The van der Waals surface area contributed by atoms with E-state index >= 15 is 0 Å². The van der Waals surface area contributed by atoms with E-state index in [-0.39, 0.29) is 5.69 Å². The van der Waals surface area contributed by atoms with Crippen molar-refractivity contribution < 1.29 is 14.4 Å². The van der Waals surface area contributed by atoms with Gasteiger partial charge in [-0.2, -0.15) is 5.10 Å². The molecule has 5 aromatic rings. The molecule has 0 bridgehead atoms. The van der Waals surface area contributed by atoms with Gasteiger partial charge in [-0.15, -0.1) is 0 Å². The Morgan fingerprint density at radius 3 is 2.68 bits per heavy atom. The van der Waals surface area contributed by atoms with Crippen LogP contribution in [0.2, 0.25) is 0 Å². The Labute approximate surface area is 218 Å². The molecular formula is C27H27N7O4. The Morgan fingerprint density at radius 2 is 1.92 bits per heavy atom. The lowest BCUT2D eigenvalue weighted by atomic mass is 10.1. The van der Waals surface area contributed by atoms with Gasteiger partial charge in [0.25, 0.3) is 5.69 Å². The number of likely N-dealkylation sites (N-methyl/N-ethyl adjacent to an activating group) is 1. The second-order valence-corrected chi connectivity index (χ2v) is 9.04. The zero-order valence-electron chi connectivity index (χ0n) is 21.5. The standard InChI is InChI=1S/C27H27N7O4/c1-32(2)10-11-38-25-14-21-22(15-24(25)37-4)30-26(17-6-5-7-20(13-17)34(35)36)31-27(21)29-19-8-9-23-18(12-19)16-28-33(23)3/h5-9,12-16H,10-11H2,1-4H3,(H,29,30,31). The summed E-state index contributed by atoms with van der Waals surface area (Å²) in [4.78, 5) is 22.5. The number of nitro benzene ring substituents is 1. The Hall–Kier alpha value is -4.77. The lowest BCUT2D eigenvalue weighted by molar-refractivity contribution is -0.384. The van der Waals surface area contributed by atoms with E-state index in [4.69, 9.17) is 19.4 Å². The number of hydrogen-bond acceptors (Lipinski definition) is 9. The number of benzene rings is 3. The van der Waals surface area contributed by atoms with Crippen LogP contribution >= 0.6 is 0 Å². The van der Waals surface area contributed by atoms with Gasteiger partial charge in [-0.3, -0.25) is 14.8 Å². The van der Waals surface area contributed by atoms with Crippen LogP contribution in [-0.2, 0) is 7.05 Å². The van der Waals surface area contributed by atoms with Crippen LogP contribution in [0.5, 0.6) is 11.5 Å². The number of nitro groups is 1. The van der Waals surface area contributed by atoms with Crippen molar-refractivity contribution in [3.05, 3.63) is 70.9 Å². The predicted molar refractivity (Wildman–Crippen MR) is 146 cm³/mol. The summed E-state index contributed by atoms with van der Waals surface area (Å²) in [5, 5.41) is 20.8. The van der Waals surface area contributed by atoms with Gasteiger partial charge in [-0.1, -0.05) is 12.1 Å². The fourth-order valence-electron chi connectivity index (χ4n) is 4.11. The summed E-state index contributed by atoms with van der Waals surface area (Å²) >= 11 is 0. The van der Waals surface area contributed by atoms with E-state index in [0.29, 0.717) is 46.2 Å². The van der Waals surface area contributed by atoms with Crippen molar-refractivity contribution >= 4 is 39.0 Å². The second-order valence-electron chi connectivity index (χ2n) is 9.04. The first-order valence-electron chi connectivity index (χ1n) is 11.9. The highest BCUT2D eigenvalue weighted by atomic mass is 16.6. The lowest BCUT2D eigenvalue weighted by Crippen LogP contribution is -2.19. The molecule has 5 rings (SSSR count). The molecular weight excluding hydrogens is 486 g/mol. The molecule has 0 atom stereocenters. The molecule has 0 radical (unpaired) electrons. The van der Waals surface area contributed by atoms with E-state index < -0.39 is 4.92 Å². The van der Waals surface area contributed by atoms with Crippen molar-refractivity contribution in [1.82, 2.24) is 24.6 Å². The summed E-state index contributed by atoms with van der Waals surface area (Å²) in [5.41, 5.74) is 2.90. The van der Waals surface area contributed by atoms with Crippen molar-refractivity contribution in [2.75, 3.05) is 39.7 Å². The van der Waals surface area contributed by atoms with Crippen LogP contribution in [0.1, 0.15) is 0 Å². The van der Waals surface area contributed by atoms with Gasteiger partial charge in [-0.25, -0.2) is 9.97 Å². The van der Waals surface area contributed by atoms with E-state index in [1.54, 1.807) is 31.5 Å². The molecule has 0 aliphatic rings. The summed E-state index contributed by atoms with van der Waals surface area (Å²) in [6, 6.07) is 15.8. The monoisotopic (exact) mass is 513 g/mol. The molecule has 1 N–H and O–H groups in total. The second kappa shape index (κ2) is 10.3. The Bertz CT molecular complexity index is 1650. The van der Waals surface area contributed by atoms with Gasteiger partial charge in [0.1, 0.15) is 12.4 Å². The summed E-state index contributed by atoms with van der Waals surface area (Å²) in [7, 11) is 7.42. The molecule has 3 aromatic carbocycles. The fourth-order valence-corrected chi connectivity index (χ4v) is 4.11. The number of nitrogens with zero attached hydrogens (tertiary/aromatic N) is 6. The Balaban J connectivity index is 1.64. The maximum Gasteiger partial charge on any atom is 0.270 e. The molecule has 38 heavy (non-hydrogen) atoms. The minimum Gasteiger partial charge on any atom is -0.493 e. The predicted octanol–water partition coefficient (Wildman–Crippen LogP) is 4.78. The number of rotatable bonds is 9. The Kier molecular flexibility index (Phi) is 6.75. The average molecular weight is 514 g/mol. The summed E-state index contributed by atoms with van der Waals surface area (Å²) in [6.45, 7) is 1.21. The number of ether oxygens (including phenoxy) is 2. The van der Waals surface area contributed by atoms with Gasteiger partial charge in [0.15, 0.2) is 17.3 Å². The first-order valence-corrected chi connectivity index (χ1v) is 11.9. The van der Waals surface area contributed by atoms with Crippen LogP contribution in [0, 0.1) is 10.1 Å². The van der Waals surface area contributed by atoms with E-state index in [1.165, 1.54) is 12.1 Å². The van der Waals surface area contributed by atoms with Gasteiger partial charge >= 0.3 is 0 Å². The van der Waals surface area contributed by atoms with Crippen molar-refractivity contribution in [3.8, 4) is 22.9 Å². The van der Waals surface area contributed by atoms with Crippen LogP contribution in [0.15, 0.2) is 60.8 Å². The molecule has 11 heteroatoms. The molecule has 0 saturated carbocycles. The van der Waals surface area contributed by atoms with E-state index in [0.717, 1.165) is 23.1 Å². The van der Waals surface area contributed by atoms with Crippen LogP contribution in [0.25, 0.3) is 33.2 Å². The largest absolute Gasteiger partial charge is 0.493 e. The number of anilines is 2. The number of fused-ring (bicyclic) bond motifs is 2. The molecule has 0 aliphatic heterocycles. The van der Waals surface area contributed by atoms with Crippen molar-refractivity contribution in [2.45, 2.75) is 0 Å². The zero-order valence-corrected chi connectivity index (χ0v) is 21.5. The Morgan fingerprint density at radius 1 is 1.08 bits per heavy atom. The molecule has 194 valence electrons. The molecule has 0 aliphatic carbocycles. The van der Waals surface area contributed by atoms with Crippen molar-refractivity contribution in [3.63, 3.8) is 0 Å². The highest BCUT2D eigenvalue weighted by molar-refractivity contribution is 5.95. The average Bonchev–Trinajstić information content (AvgIpc) is 3.28. The van der Waals surface area contributed by atoms with Gasteiger partial charge in [0.2, 0.25) is 0 Å². The fraction of sp³-hybridized carbons (Fsp3) is 0.222. The van der Waals surface area contributed by atoms with Gasteiger partial charge in [-0.05, 0) is 38.4 Å². The number of aryl methyl sites for hydroxylation is 1. The topological polar surface area (TPSA) is 120 Å². The quantitative estimate of drug-likeness (QED) is 0.219. The third-order valence-corrected chi connectivity index (χ3v) is 6.10. The minimum atomic E-state index is -0.437. The number of nitrogens with one attached hydrogen (secondary N) is 1. The zero-order chi connectivity index (χ0) is 26.8. The maximum absolute atomic E-state index is 11.4. The molecule has 0 saturated heterocycles. The molecule has 0 amide bonds. The smallest absolute Gasteiger partial charge is 0.270 e. The molecule has 2 heterocycles. The summed E-state index contributed by atoms with van der Waals surface area (Å²) in [5.74, 6) is 1.97. The maximum atomic E-state index is 11.4. The normalized spacial score (nSPS) is 11.3. The van der Waals surface area contributed by atoms with E-state index in [1.807, 2.05) is 55.0 Å². The number of non-ortho nitro benzene ring substituents is 1. The van der Waals surface area contributed by atoms with Crippen LogP contribution < -0.4 is 14.8 Å². The van der Waals surface area contributed by atoms with Crippen LogP contribution in [0.4, 0.5) is 17.2 Å². The third kappa shape index (κ3) is 5.04. The lowest BCUT2D eigenvalue weighted by Gasteiger charge is -2.16. The minimum absolute atomic E-state index is 0.0371.